The van der Waals surface area contributed by atoms with Crippen molar-refractivity contribution in [1.29, 1.82) is 0 Å². The Morgan fingerprint density at radius 2 is 2.05 bits per heavy atom. The molecule has 0 aliphatic heterocycles. The average molecular weight is 298 g/mol. The molecule has 1 amide bonds. The number of hydrogen-bond acceptors (Lipinski definition) is 5. The van der Waals surface area contributed by atoms with Crippen LogP contribution in [0.2, 0.25) is 0 Å². The normalized spacial score (nSPS) is 10.4. The molecule has 0 radical (unpaired) electrons. The second kappa shape index (κ2) is 6.13. The smallest absolute Gasteiger partial charge is 0.316 e. The summed E-state index contributed by atoms with van der Waals surface area (Å²) in [5.41, 5.74) is 1.42. The van der Waals surface area contributed by atoms with Gasteiger partial charge in [-0.2, -0.15) is 4.98 Å². The van der Waals surface area contributed by atoms with Gasteiger partial charge in [-0.15, -0.1) is 0 Å². The van der Waals surface area contributed by atoms with E-state index in [2.05, 4.69) is 20.4 Å². The molecule has 0 aliphatic carbocycles. The molecule has 1 N–H and O–H groups in total. The molecule has 0 fully saturated rings. The molecule has 2 heterocycles. The third kappa shape index (κ3) is 3.14. The van der Waals surface area contributed by atoms with Crippen molar-refractivity contribution in [2.45, 2.75) is 6.54 Å². The summed E-state index contributed by atoms with van der Waals surface area (Å²) >= 11 is 0. The van der Waals surface area contributed by atoms with Gasteiger partial charge in [-0.1, -0.05) is 11.2 Å². The van der Waals surface area contributed by atoms with E-state index in [9.17, 15) is 9.18 Å². The van der Waals surface area contributed by atoms with Gasteiger partial charge in [-0.3, -0.25) is 9.78 Å². The van der Waals surface area contributed by atoms with Crippen molar-refractivity contribution < 1.29 is 13.7 Å². The number of aromatic nitrogens is 3. The van der Waals surface area contributed by atoms with E-state index in [0.29, 0.717) is 12.1 Å². The molecule has 0 unspecified atom stereocenters. The number of rotatable bonds is 4. The Labute approximate surface area is 125 Å². The van der Waals surface area contributed by atoms with Crippen molar-refractivity contribution >= 4 is 5.91 Å². The predicted octanol–water partition coefficient (Wildman–Crippen LogP) is 2.20. The van der Waals surface area contributed by atoms with Crippen LogP contribution in [0.15, 0.2) is 53.3 Å². The van der Waals surface area contributed by atoms with Crippen LogP contribution in [0, 0.1) is 5.82 Å². The first-order valence-electron chi connectivity index (χ1n) is 6.49. The molecule has 110 valence electrons. The van der Waals surface area contributed by atoms with E-state index >= 15 is 0 Å². The summed E-state index contributed by atoms with van der Waals surface area (Å²) in [7, 11) is 0. The minimum absolute atomic E-state index is 0.150. The van der Waals surface area contributed by atoms with Crippen LogP contribution >= 0.6 is 0 Å². The Kier molecular flexibility index (Phi) is 3.86. The van der Waals surface area contributed by atoms with E-state index in [1.165, 1.54) is 24.3 Å². The Hall–Kier alpha value is -3.09. The number of amides is 1. The summed E-state index contributed by atoms with van der Waals surface area (Å²) in [6.07, 6.45) is 3.30. The molecule has 0 bridgehead atoms. The zero-order valence-electron chi connectivity index (χ0n) is 11.4. The van der Waals surface area contributed by atoms with Crippen molar-refractivity contribution in [1.82, 2.24) is 20.4 Å². The molecule has 3 rings (SSSR count). The maximum atomic E-state index is 12.9. The quantitative estimate of drug-likeness (QED) is 0.798. The predicted molar refractivity (Wildman–Crippen MR) is 75.1 cm³/mol. The van der Waals surface area contributed by atoms with Crippen molar-refractivity contribution in [3.63, 3.8) is 0 Å². The van der Waals surface area contributed by atoms with Crippen molar-refractivity contribution in [2.24, 2.45) is 0 Å². The second-order valence-corrected chi connectivity index (χ2v) is 4.47. The van der Waals surface area contributed by atoms with Gasteiger partial charge < -0.3 is 9.84 Å². The fourth-order valence-corrected chi connectivity index (χ4v) is 1.79. The summed E-state index contributed by atoms with van der Waals surface area (Å²) in [6.45, 7) is 0.306. The second-order valence-electron chi connectivity index (χ2n) is 4.47. The third-order valence-corrected chi connectivity index (χ3v) is 2.90. The van der Waals surface area contributed by atoms with E-state index < -0.39 is 5.91 Å². The molecule has 1 aromatic carbocycles. The number of halogens is 1. The lowest BCUT2D eigenvalue weighted by Gasteiger charge is -2.00. The molecule has 0 spiro atoms. The topological polar surface area (TPSA) is 80.9 Å². The molecule has 3 aromatic rings. The van der Waals surface area contributed by atoms with E-state index in [-0.39, 0.29) is 17.5 Å². The molecule has 0 aliphatic rings. The number of nitrogens with one attached hydrogen (secondary N) is 1. The first kappa shape index (κ1) is 13.9. The summed E-state index contributed by atoms with van der Waals surface area (Å²) in [6, 6.07) is 9.21. The van der Waals surface area contributed by atoms with Gasteiger partial charge in [0.1, 0.15) is 5.82 Å². The zero-order chi connectivity index (χ0) is 15.4. The molecule has 22 heavy (non-hydrogen) atoms. The molecule has 0 saturated carbocycles. The van der Waals surface area contributed by atoms with Crippen LogP contribution in [0.4, 0.5) is 4.39 Å². The highest BCUT2D eigenvalue weighted by Crippen LogP contribution is 2.16. The van der Waals surface area contributed by atoms with Gasteiger partial charge in [0.05, 0.1) is 0 Å². The molecule has 6 nitrogen and oxygen atoms in total. The van der Waals surface area contributed by atoms with Crippen molar-refractivity contribution in [3.05, 3.63) is 66.1 Å². The van der Waals surface area contributed by atoms with Crippen LogP contribution < -0.4 is 5.32 Å². The first-order chi connectivity index (χ1) is 10.7. The lowest BCUT2D eigenvalue weighted by atomic mass is 10.2. The number of carbonyl (C=O) groups excluding carboxylic acids is 1. The van der Waals surface area contributed by atoms with Gasteiger partial charge in [0.15, 0.2) is 0 Å². The lowest BCUT2D eigenvalue weighted by Crippen LogP contribution is -2.23. The molecule has 2 aromatic heterocycles. The minimum Gasteiger partial charge on any atom is -0.344 e. The molecular formula is C15H11FN4O2. The highest BCUT2D eigenvalue weighted by atomic mass is 19.1. The summed E-state index contributed by atoms with van der Waals surface area (Å²) in [5.74, 6) is -0.763. The molecular weight excluding hydrogens is 287 g/mol. The van der Waals surface area contributed by atoms with E-state index in [0.717, 1.165) is 5.56 Å². The third-order valence-electron chi connectivity index (χ3n) is 2.90. The fraction of sp³-hybridized carbons (Fsp3) is 0.0667. The summed E-state index contributed by atoms with van der Waals surface area (Å²) in [5, 5.41) is 6.36. The van der Waals surface area contributed by atoms with E-state index in [1.807, 2.05) is 6.07 Å². The van der Waals surface area contributed by atoms with E-state index in [1.54, 1.807) is 18.5 Å². The lowest BCUT2D eigenvalue weighted by molar-refractivity contribution is 0.0907. The van der Waals surface area contributed by atoms with Crippen LogP contribution in [0.5, 0.6) is 0 Å². The summed E-state index contributed by atoms with van der Waals surface area (Å²) < 4.78 is 17.8. The molecule has 7 heteroatoms. The number of pyridine rings is 1. The highest BCUT2D eigenvalue weighted by molar-refractivity contribution is 5.89. The first-order valence-corrected chi connectivity index (χ1v) is 6.49. The number of hydrogen-bond donors (Lipinski definition) is 1. The van der Waals surface area contributed by atoms with Gasteiger partial charge in [0, 0.05) is 24.5 Å². The SMILES string of the molecule is O=C(NCc1cccnc1)c1nc(-c2ccc(F)cc2)no1. The van der Waals surface area contributed by atoms with Crippen LogP contribution in [0.3, 0.4) is 0 Å². The highest BCUT2D eigenvalue weighted by Gasteiger charge is 2.15. The van der Waals surface area contributed by atoms with Gasteiger partial charge in [-0.25, -0.2) is 4.39 Å². The zero-order valence-corrected chi connectivity index (χ0v) is 11.4. The Morgan fingerprint density at radius 1 is 1.23 bits per heavy atom. The van der Waals surface area contributed by atoms with Crippen LogP contribution in [0.1, 0.15) is 16.2 Å². The largest absolute Gasteiger partial charge is 0.344 e. The number of benzene rings is 1. The number of nitrogens with zero attached hydrogens (tertiary/aromatic N) is 3. The number of carbonyl (C=O) groups is 1. The standard InChI is InChI=1S/C15H11FN4O2/c16-12-5-3-11(4-6-12)13-19-15(22-20-13)14(21)18-9-10-2-1-7-17-8-10/h1-8H,9H2,(H,18,21). The maximum Gasteiger partial charge on any atom is 0.316 e. The average Bonchev–Trinajstić information content (AvgIpc) is 3.04. The van der Waals surface area contributed by atoms with Crippen LogP contribution in [0.25, 0.3) is 11.4 Å². The van der Waals surface area contributed by atoms with Gasteiger partial charge in [0.2, 0.25) is 5.82 Å². The monoisotopic (exact) mass is 298 g/mol. The Balaban J connectivity index is 1.68. The van der Waals surface area contributed by atoms with Crippen LogP contribution in [-0.4, -0.2) is 21.0 Å². The van der Waals surface area contributed by atoms with Crippen molar-refractivity contribution in [3.8, 4) is 11.4 Å². The molecule has 0 saturated heterocycles. The fourth-order valence-electron chi connectivity index (χ4n) is 1.79. The Morgan fingerprint density at radius 3 is 2.77 bits per heavy atom. The molecule has 0 atom stereocenters. The van der Waals surface area contributed by atoms with Gasteiger partial charge >= 0.3 is 11.8 Å². The maximum absolute atomic E-state index is 12.9. The van der Waals surface area contributed by atoms with Gasteiger partial charge in [-0.05, 0) is 35.9 Å². The van der Waals surface area contributed by atoms with Crippen LogP contribution in [-0.2, 0) is 6.54 Å². The van der Waals surface area contributed by atoms with Gasteiger partial charge in [0.25, 0.3) is 0 Å². The Bertz CT molecular complexity index is 772. The summed E-state index contributed by atoms with van der Waals surface area (Å²) in [4.78, 5) is 19.9. The van der Waals surface area contributed by atoms with E-state index in [4.69, 9.17) is 4.52 Å². The van der Waals surface area contributed by atoms with Crippen molar-refractivity contribution in [2.75, 3.05) is 0 Å². The minimum atomic E-state index is -0.482.